The van der Waals surface area contributed by atoms with Gasteiger partial charge in [-0.1, -0.05) is 24.3 Å². The lowest BCUT2D eigenvalue weighted by atomic mass is 10.1. The maximum atomic E-state index is 2.22. The maximum absolute atomic E-state index is 2.22. The third kappa shape index (κ3) is 0.896. The lowest BCUT2D eigenvalue weighted by Crippen LogP contribution is -1.89. The van der Waals surface area contributed by atoms with Gasteiger partial charge >= 0.3 is 0 Å². The van der Waals surface area contributed by atoms with E-state index in [2.05, 4.69) is 60.0 Å². The van der Waals surface area contributed by atoms with E-state index in [1.54, 1.807) is 0 Å². The second-order valence-corrected chi connectivity index (χ2v) is 3.64. The quantitative estimate of drug-likeness (QED) is 0.500. The molecule has 0 atom stereocenters. The fourth-order valence-corrected chi connectivity index (χ4v) is 2.06. The number of rotatable bonds is 0. The molecule has 1 aromatic carbocycles. The third-order valence-electron chi connectivity index (χ3n) is 2.73. The Morgan fingerprint density at radius 2 is 1.86 bits per heavy atom. The summed E-state index contributed by atoms with van der Waals surface area (Å²) in [6.45, 7) is 2.14. The molecular formula is C13H11N. The molecule has 0 amide bonds. The van der Waals surface area contributed by atoms with Crippen LogP contribution in [0.15, 0.2) is 48.7 Å². The first kappa shape index (κ1) is 7.63. The molecule has 1 nitrogen and oxygen atoms in total. The van der Waals surface area contributed by atoms with E-state index in [1.807, 2.05) is 0 Å². The van der Waals surface area contributed by atoms with Gasteiger partial charge in [-0.15, -0.1) is 0 Å². The van der Waals surface area contributed by atoms with E-state index in [0.29, 0.717) is 0 Å². The molecule has 68 valence electrons. The Morgan fingerprint density at radius 3 is 2.79 bits per heavy atom. The minimum absolute atomic E-state index is 1.28. The highest BCUT2D eigenvalue weighted by Crippen LogP contribution is 2.22. The Kier molecular flexibility index (Phi) is 1.42. The summed E-state index contributed by atoms with van der Waals surface area (Å²) in [5.41, 5.74) is 2.57. The Balaban J connectivity index is 2.66. The Morgan fingerprint density at radius 1 is 1.00 bits per heavy atom. The minimum Gasteiger partial charge on any atom is -0.321 e. The Labute approximate surface area is 82.6 Å². The van der Waals surface area contributed by atoms with Crippen LogP contribution in [0, 0.1) is 6.92 Å². The first-order chi connectivity index (χ1) is 6.86. The molecule has 1 heteroatoms. The zero-order chi connectivity index (χ0) is 9.54. The molecule has 0 N–H and O–H groups in total. The van der Waals surface area contributed by atoms with Crippen molar-refractivity contribution in [1.29, 1.82) is 0 Å². The molecule has 0 spiro atoms. The van der Waals surface area contributed by atoms with Crippen LogP contribution in [0.3, 0.4) is 0 Å². The predicted molar refractivity (Wildman–Crippen MR) is 59.6 cm³/mol. The molecule has 0 unspecified atom stereocenters. The summed E-state index contributed by atoms with van der Waals surface area (Å²) >= 11 is 0. The normalized spacial score (nSPS) is 11.2. The third-order valence-corrected chi connectivity index (χ3v) is 2.73. The van der Waals surface area contributed by atoms with E-state index in [-0.39, 0.29) is 0 Å². The van der Waals surface area contributed by atoms with Gasteiger partial charge in [-0.05, 0) is 30.5 Å². The molecule has 3 aromatic rings. The van der Waals surface area contributed by atoms with Gasteiger partial charge < -0.3 is 4.40 Å². The molecule has 3 rings (SSSR count). The smallest absolute Gasteiger partial charge is 0.0531 e. The van der Waals surface area contributed by atoms with Gasteiger partial charge in [0, 0.05) is 17.3 Å². The van der Waals surface area contributed by atoms with Crippen LogP contribution in [-0.4, -0.2) is 4.40 Å². The van der Waals surface area contributed by atoms with E-state index in [1.165, 1.54) is 22.0 Å². The van der Waals surface area contributed by atoms with Crippen LogP contribution >= 0.6 is 0 Å². The van der Waals surface area contributed by atoms with Gasteiger partial charge in [-0.25, -0.2) is 0 Å². The lowest BCUT2D eigenvalue weighted by Gasteiger charge is -2.05. The monoisotopic (exact) mass is 181 g/mol. The fraction of sp³-hybridized carbons (Fsp3) is 0.0769. The average Bonchev–Trinajstić information content (AvgIpc) is 2.67. The average molecular weight is 181 g/mol. The van der Waals surface area contributed by atoms with Crippen LogP contribution in [0.4, 0.5) is 0 Å². The highest BCUT2D eigenvalue weighted by atomic mass is 14.9. The number of fused-ring (bicyclic) bond motifs is 3. The molecule has 2 aromatic heterocycles. The number of benzene rings is 1. The zero-order valence-corrected chi connectivity index (χ0v) is 8.07. The van der Waals surface area contributed by atoms with Crippen molar-refractivity contribution < 1.29 is 0 Å². The van der Waals surface area contributed by atoms with Gasteiger partial charge in [0.15, 0.2) is 0 Å². The maximum Gasteiger partial charge on any atom is 0.0531 e. The molecule has 0 bridgehead atoms. The van der Waals surface area contributed by atoms with Crippen LogP contribution < -0.4 is 0 Å². The van der Waals surface area contributed by atoms with E-state index in [9.17, 15) is 0 Å². The van der Waals surface area contributed by atoms with E-state index >= 15 is 0 Å². The molecule has 0 radical (unpaired) electrons. The molecule has 0 aliphatic heterocycles. The molecule has 0 fully saturated rings. The van der Waals surface area contributed by atoms with Crippen LogP contribution in [0.25, 0.3) is 16.3 Å². The van der Waals surface area contributed by atoms with Crippen molar-refractivity contribution in [1.82, 2.24) is 4.40 Å². The molecule has 14 heavy (non-hydrogen) atoms. The van der Waals surface area contributed by atoms with Crippen molar-refractivity contribution >= 4 is 16.3 Å². The highest BCUT2D eigenvalue weighted by Gasteiger charge is 2.01. The second-order valence-electron chi connectivity index (χ2n) is 3.64. The van der Waals surface area contributed by atoms with Crippen LogP contribution in [0.5, 0.6) is 0 Å². The molecule has 0 aliphatic rings. The van der Waals surface area contributed by atoms with Gasteiger partial charge in [0.05, 0.1) is 5.52 Å². The van der Waals surface area contributed by atoms with Gasteiger partial charge in [0.1, 0.15) is 0 Å². The largest absolute Gasteiger partial charge is 0.321 e. The van der Waals surface area contributed by atoms with E-state index in [4.69, 9.17) is 0 Å². The van der Waals surface area contributed by atoms with Crippen molar-refractivity contribution in [3.63, 3.8) is 0 Å². The van der Waals surface area contributed by atoms with Crippen LogP contribution in [0.1, 0.15) is 5.69 Å². The number of hydrogen-bond acceptors (Lipinski definition) is 0. The summed E-state index contributed by atoms with van der Waals surface area (Å²) < 4.78 is 2.22. The standard InChI is InChI=1S/C13H11N/c1-10-9-11-5-2-3-6-12(11)13-7-4-8-14(10)13/h2-9H,1H3. The predicted octanol–water partition coefficient (Wildman–Crippen LogP) is 3.40. The molecular weight excluding hydrogens is 170 g/mol. The Hall–Kier alpha value is -1.76. The topological polar surface area (TPSA) is 4.41 Å². The molecule has 0 saturated heterocycles. The van der Waals surface area contributed by atoms with Gasteiger partial charge in [0.25, 0.3) is 0 Å². The first-order valence-corrected chi connectivity index (χ1v) is 4.82. The van der Waals surface area contributed by atoms with Crippen molar-refractivity contribution in [3.05, 3.63) is 54.4 Å². The second kappa shape index (κ2) is 2.61. The minimum atomic E-state index is 1.28. The van der Waals surface area contributed by atoms with Crippen molar-refractivity contribution in [3.8, 4) is 0 Å². The number of aryl methyl sites for hydroxylation is 1. The summed E-state index contributed by atoms with van der Waals surface area (Å²) in [7, 11) is 0. The van der Waals surface area contributed by atoms with Crippen LogP contribution in [-0.2, 0) is 0 Å². The van der Waals surface area contributed by atoms with Gasteiger partial charge in [0.2, 0.25) is 0 Å². The summed E-state index contributed by atoms with van der Waals surface area (Å²) in [6.07, 6.45) is 2.11. The number of hydrogen-bond donors (Lipinski definition) is 0. The lowest BCUT2D eigenvalue weighted by molar-refractivity contribution is 1.11. The SMILES string of the molecule is Cc1cc2ccccc2c2cccn12. The summed E-state index contributed by atoms with van der Waals surface area (Å²) in [5, 5.41) is 2.64. The van der Waals surface area contributed by atoms with Crippen molar-refractivity contribution in [2.75, 3.05) is 0 Å². The van der Waals surface area contributed by atoms with Crippen molar-refractivity contribution in [2.45, 2.75) is 6.92 Å². The highest BCUT2D eigenvalue weighted by molar-refractivity contribution is 5.96. The van der Waals surface area contributed by atoms with Gasteiger partial charge in [-0.2, -0.15) is 0 Å². The van der Waals surface area contributed by atoms with Gasteiger partial charge in [-0.3, -0.25) is 0 Å². The van der Waals surface area contributed by atoms with E-state index < -0.39 is 0 Å². The van der Waals surface area contributed by atoms with Crippen LogP contribution in [0.2, 0.25) is 0 Å². The summed E-state index contributed by atoms with van der Waals surface area (Å²) in [6, 6.07) is 15.0. The zero-order valence-electron chi connectivity index (χ0n) is 8.07. The fourth-order valence-electron chi connectivity index (χ4n) is 2.06. The number of pyridine rings is 1. The molecule has 2 heterocycles. The first-order valence-electron chi connectivity index (χ1n) is 4.82. The molecule has 0 saturated carbocycles. The summed E-state index contributed by atoms with van der Waals surface area (Å²) in [4.78, 5) is 0. The Bertz CT molecular complexity index is 605. The molecule has 0 aliphatic carbocycles. The van der Waals surface area contributed by atoms with E-state index in [0.717, 1.165) is 0 Å². The van der Waals surface area contributed by atoms with Crippen molar-refractivity contribution in [2.24, 2.45) is 0 Å². The number of aromatic nitrogens is 1. The summed E-state index contributed by atoms with van der Waals surface area (Å²) in [5.74, 6) is 0. The number of nitrogens with zero attached hydrogens (tertiary/aromatic N) is 1.